The fourth-order valence-electron chi connectivity index (χ4n) is 2.89. The van der Waals surface area contributed by atoms with Gasteiger partial charge in [-0.1, -0.05) is 12.1 Å². The van der Waals surface area contributed by atoms with Crippen LogP contribution in [0.5, 0.6) is 5.75 Å². The molecule has 9 nitrogen and oxygen atoms in total. The van der Waals surface area contributed by atoms with Gasteiger partial charge in [0.1, 0.15) is 5.75 Å². The summed E-state index contributed by atoms with van der Waals surface area (Å²) in [5.74, 6) is -0.390. The van der Waals surface area contributed by atoms with Gasteiger partial charge < -0.3 is 10.1 Å². The molecule has 2 amide bonds. The van der Waals surface area contributed by atoms with Crippen molar-refractivity contribution in [3.8, 4) is 5.75 Å². The first-order valence-corrected chi connectivity index (χ1v) is 10.9. The Kier molecular flexibility index (Phi) is 6.40. The lowest BCUT2D eigenvalue weighted by Gasteiger charge is -2.13. The smallest absolute Gasteiger partial charge is 0.282 e. The van der Waals surface area contributed by atoms with Crippen LogP contribution in [0.15, 0.2) is 70.3 Å². The third-order valence-electron chi connectivity index (χ3n) is 4.29. The van der Waals surface area contributed by atoms with Crippen molar-refractivity contribution in [1.82, 2.24) is 4.72 Å². The molecule has 1 aliphatic rings. The molecule has 0 fully saturated rings. The highest BCUT2D eigenvalue weighted by Crippen LogP contribution is 2.27. The third kappa shape index (κ3) is 4.92. The molecule has 0 aromatic heterocycles. The first-order valence-electron chi connectivity index (χ1n) is 9.45. The molecular weight excluding hydrogens is 420 g/mol. The number of hydrazone groups is 1. The van der Waals surface area contributed by atoms with Crippen LogP contribution in [0.25, 0.3) is 0 Å². The van der Waals surface area contributed by atoms with Crippen LogP contribution in [0.1, 0.15) is 20.8 Å². The Morgan fingerprint density at radius 3 is 2.48 bits per heavy atom. The number of nitrogens with zero attached hydrogens (tertiary/aromatic N) is 2. The van der Waals surface area contributed by atoms with Gasteiger partial charge in [0.2, 0.25) is 5.91 Å². The Hall–Kier alpha value is -3.66. The molecule has 1 heterocycles. The van der Waals surface area contributed by atoms with E-state index in [0.717, 1.165) is 6.92 Å². The Bertz CT molecular complexity index is 1170. The zero-order chi connectivity index (χ0) is 22.6. The molecule has 2 N–H and O–H groups in total. The van der Waals surface area contributed by atoms with Crippen LogP contribution in [0.2, 0.25) is 0 Å². The van der Waals surface area contributed by atoms with Gasteiger partial charge in [0.25, 0.3) is 15.9 Å². The molecule has 0 atom stereocenters. The monoisotopic (exact) mass is 442 g/mol. The van der Waals surface area contributed by atoms with Gasteiger partial charge in [-0.3, -0.25) is 9.59 Å². The molecule has 0 unspecified atom stereocenters. The summed E-state index contributed by atoms with van der Waals surface area (Å²) in [7, 11) is -3.96. The van der Waals surface area contributed by atoms with Gasteiger partial charge >= 0.3 is 0 Å². The minimum Gasteiger partial charge on any atom is -0.492 e. The number of ether oxygens (including phenoxy) is 1. The zero-order valence-corrected chi connectivity index (χ0v) is 18.1. The summed E-state index contributed by atoms with van der Waals surface area (Å²) in [6.45, 7) is 5.21. The number of carbonyl (C=O) groups is 2. The number of anilines is 2. The van der Waals surface area contributed by atoms with E-state index in [1.54, 1.807) is 13.1 Å². The highest BCUT2D eigenvalue weighted by Gasteiger charge is 2.29. The molecule has 0 saturated heterocycles. The van der Waals surface area contributed by atoms with E-state index in [2.05, 4.69) is 10.4 Å². The molecule has 0 spiro atoms. The molecule has 2 aromatic rings. The molecule has 0 saturated carbocycles. The molecule has 1 aliphatic heterocycles. The first kappa shape index (κ1) is 22.0. The first-order chi connectivity index (χ1) is 14.7. The van der Waals surface area contributed by atoms with Crippen LogP contribution in [-0.2, 0) is 19.6 Å². The molecule has 31 heavy (non-hydrogen) atoms. The number of para-hydroxylation sites is 2. The maximum atomic E-state index is 12.9. The van der Waals surface area contributed by atoms with Gasteiger partial charge in [-0.05, 0) is 50.2 Å². The SMILES string of the molecule is CCOc1ccccc1NC=C1C(=O)N(c2ccc(S(=O)(=O)NC(C)=O)cc2)N=C1C. The van der Waals surface area contributed by atoms with Gasteiger partial charge in [-0.15, -0.1) is 0 Å². The number of amides is 2. The summed E-state index contributed by atoms with van der Waals surface area (Å²) in [4.78, 5) is 23.8. The van der Waals surface area contributed by atoms with Crippen LogP contribution < -0.4 is 19.8 Å². The van der Waals surface area contributed by atoms with Crippen LogP contribution >= 0.6 is 0 Å². The third-order valence-corrected chi connectivity index (χ3v) is 5.74. The van der Waals surface area contributed by atoms with Gasteiger partial charge in [0.05, 0.1) is 34.2 Å². The Balaban J connectivity index is 1.80. The highest BCUT2D eigenvalue weighted by atomic mass is 32.2. The van der Waals surface area contributed by atoms with Gasteiger partial charge in [0.15, 0.2) is 0 Å². The maximum absolute atomic E-state index is 12.9. The fourth-order valence-corrected chi connectivity index (χ4v) is 3.88. The predicted octanol–water partition coefficient (Wildman–Crippen LogP) is 2.63. The van der Waals surface area contributed by atoms with E-state index in [0.29, 0.717) is 35.0 Å². The van der Waals surface area contributed by atoms with Gasteiger partial charge in [-0.2, -0.15) is 10.1 Å². The van der Waals surface area contributed by atoms with E-state index in [9.17, 15) is 18.0 Å². The van der Waals surface area contributed by atoms with E-state index in [4.69, 9.17) is 4.74 Å². The summed E-state index contributed by atoms with van der Waals surface area (Å²) in [5, 5.41) is 8.55. The van der Waals surface area contributed by atoms with Crippen LogP contribution in [0, 0.1) is 0 Å². The number of carbonyl (C=O) groups excluding carboxylic acids is 2. The number of hydrogen-bond acceptors (Lipinski definition) is 7. The van der Waals surface area contributed by atoms with Crippen molar-refractivity contribution in [2.75, 3.05) is 16.9 Å². The standard InChI is InChI=1S/C21H22N4O5S/c1-4-30-20-8-6-5-7-19(20)22-13-18-14(2)23-25(21(18)27)16-9-11-17(12-10-16)31(28,29)24-15(3)26/h5-13,22H,4H2,1-3H3,(H,24,26). The van der Waals surface area contributed by atoms with Crippen molar-refractivity contribution in [3.63, 3.8) is 0 Å². The molecular formula is C21H22N4O5S. The van der Waals surface area contributed by atoms with Crippen molar-refractivity contribution in [2.45, 2.75) is 25.7 Å². The minimum atomic E-state index is -3.96. The summed E-state index contributed by atoms with van der Waals surface area (Å²) < 4.78 is 31.6. The van der Waals surface area contributed by atoms with Crippen LogP contribution in [-0.4, -0.2) is 32.6 Å². The molecule has 10 heteroatoms. The molecule has 162 valence electrons. The van der Waals surface area contributed by atoms with Crippen molar-refractivity contribution in [1.29, 1.82) is 0 Å². The summed E-state index contributed by atoms with van der Waals surface area (Å²) in [6.07, 6.45) is 1.56. The Labute approximate surface area is 180 Å². The second kappa shape index (κ2) is 9.00. The normalized spacial score (nSPS) is 15.1. The summed E-state index contributed by atoms with van der Waals surface area (Å²) in [5.41, 5.74) is 1.97. The highest BCUT2D eigenvalue weighted by molar-refractivity contribution is 7.90. The predicted molar refractivity (Wildman–Crippen MR) is 117 cm³/mol. The summed E-state index contributed by atoms with van der Waals surface area (Å²) >= 11 is 0. The molecule has 0 radical (unpaired) electrons. The van der Waals surface area contributed by atoms with Crippen LogP contribution in [0.4, 0.5) is 11.4 Å². The van der Waals surface area contributed by atoms with E-state index in [1.807, 2.05) is 35.9 Å². The fraction of sp³-hybridized carbons (Fsp3) is 0.190. The van der Waals surface area contributed by atoms with E-state index < -0.39 is 15.9 Å². The largest absolute Gasteiger partial charge is 0.492 e. The topological polar surface area (TPSA) is 117 Å². The average Bonchev–Trinajstić information content (AvgIpc) is 3.00. The lowest BCUT2D eigenvalue weighted by molar-refractivity contribution is -0.117. The molecule has 2 aromatic carbocycles. The van der Waals surface area contributed by atoms with E-state index >= 15 is 0 Å². The lowest BCUT2D eigenvalue weighted by Crippen LogP contribution is -2.28. The number of benzene rings is 2. The second-order valence-corrected chi connectivity index (χ2v) is 8.27. The number of sulfonamides is 1. The number of rotatable bonds is 7. The number of hydrogen-bond donors (Lipinski definition) is 2. The molecule has 3 rings (SSSR count). The lowest BCUT2D eigenvalue weighted by atomic mass is 10.2. The zero-order valence-electron chi connectivity index (χ0n) is 17.2. The van der Waals surface area contributed by atoms with E-state index in [-0.39, 0.29) is 10.8 Å². The minimum absolute atomic E-state index is 0.0937. The van der Waals surface area contributed by atoms with Crippen molar-refractivity contribution >= 4 is 38.9 Å². The Morgan fingerprint density at radius 2 is 1.84 bits per heavy atom. The van der Waals surface area contributed by atoms with Crippen LogP contribution in [0.3, 0.4) is 0 Å². The maximum Gasteiger partial charge on any atom is 0.282 e. The van der Waals surface area contributed by atoms with E-state index in [1.165, 1.54) is 29.3 Å². The van der Waals surface area contributed by atoms with Crippen molar-refractivity contribution < 1.29 is 22.7 Å². The Morgan fingerprint density at radius 1 is 1.16 bits per heavy atom. The van der Waals surface area contributed by atoms with Crippen molar-refractivity contribution in [2.24, 2.45) is 5.10 Å². The second-order valence-electron chi connectivity index (χ2n) is 6.59. The summed E-state index contributed by atoms with van der Waals surface area (Å²) in [6, 6.07) is 12.9. The number of nitrogens with one attached hydrogen (secondary N) is 2. The molecule has 0 bridgehead atoms. The van der Waals surface area contributed by atoms with Gasteiger partial charge in [-0.25, -0.2) is 13.1 Å². The quantitative estimate of drug-likeness (QED) is 0.637. The van der Waals surface area contributed by atoms with Crippen molar-refractivity contribution in [3.05, 3.63) is 60.3 Å². The average molecular weight is 442 g/mol. The van der Waals surface area contributed by atoms with Gasteiger partial charge in [0, 0.05) is 13.1 Å². The molecule has 0 aliphatic carbocycles.